The predicted octanol–water partition coefficient (Wildman–Crippen LogP) is 1.79. The first-order valence-electron chi connectivity index (χ1n) is 6.28. The van der Waals surface area contributed by atoms with E-state index < -0.39 is 0 Å². The molecule has 1 aromatic rings. The number of aryl methyl sites for hydroxylation is 1. The molecule has 1 aromatic carbocycles. The largest absolute Gasteiger partial charge is 0.358 e. The zero-order valence-corrected chi connectivity index (χ0v) is 10.5. The molecule has 0 unspecified atom stereocenters. The van der Waals surface area contributed by atoms with Gasteiger partial charge in [-0.2, -0.15) is 0 Å². The summed E-state index contributed by atoms with van der Waals surface area (Å²) >= 11 is 0. The molecule has 1 amide bonds. The lowest BCUT2D eigenvalue weighted by molar-refractivity contribution is -0.122. The van der Waals surface area contributed by atoms with Crippen molar-refractivity contribution in [2.24, 2.45) is 0 Å². The van der Waals surface area contributed by atoms with Gasteiger partial charge in [-0.15, -0.1) is 0 Å². The van der Waals surface area contributed by atoms with Gasteiger partial charge < -0.3 is 5.32 Å². The molecule has 3 heteroatoms. The monoisotopic (exact) mass is 232 g/mol. The van der Waals surface area contributed by atoms with Crippen LogP contribution in [0.1, 0.15) is 36.9 Å². The third kappa shape index (κ3) is 2.67. The summed E-state index contributed by atoms with van der Waals surface area (Å²) in [4.78, 5) is 11.5. The van der Waals surface area contributed by atoms with Crippen LogP contribution in [0.15, 0.2) is 24.3 Å². The number of benzene rings is 1. The van der Waals surface area contributed by atoms with E-state index in [0.29, 0.717) is 6.04 Å². The SMILES string of the molecule is CNC(=O)[C@H](C)N[C@H]1CCCc2ccccc21. The average molecular weight is 232 g/mol. The van der Waals surface area contributed by atoms with Crippen molar-refractivity contribution in [1.82, 2.24) is 10.6 Å². The minimum absolute atomic E-state index is 0.0491. The summed E-state index contributed by atoms with van der Waals surface area (Å²) in [6, 6.07) is 8.69. The molecule has 0 aromatic heterocycles. The van der Waals surface area contributed by atoms with Crippen LogP contribution in [0.4, 0.5) is 0 Å². The highest BCUT2D eigenvalue weighted by Crippen LogP contribution is 2.29. The molecule has 2 rings (SSSR count). The van der Waals surface area contributed by atoms with Crippen LogP contribution in [0, 0.1) is 0 Å². The smallest absolute Gasteiger partial charge is 0.236 e. The predicted molar refractivity (Wildman–Crippen MR) is 68.8 cm³/mol. The third-order valence-corrected chi connectivity index (χ3v) is 3.46. The van der Waals surface area contributed by atoms with Gasteiger partial charge in [0.15, 0.2) is 0 Å². The summed E-state index contributed by atoms with van der Waals surface area (Å²) < 4.78 is 0. The maximum absolute atomic E-state index is 11.5. The molecule has 0 spiro atoms. The Morgan fingerprint density at radius 3 is 2.94 bits per heavy atom. The van der Waals surface area contributed by atoms with Gasteiger partial charge in [0.05, 0.1) is 6.04 Å². The minimum Gasteiger partial charge on any atom is -0.358 e. The van der Waals surface area contributed by atoms with Gasteiger partial charge in [0.2, 0.25) is 5.91 Å². The van der Waals surface area contributed by atoms with E-state index in [1.165, 1.54) is 17.5 Å². The molecule has 92 valence electrons. The van der Waals surface area contributed by atoms with Crippen LogP contribution in [0.5, 0.6) is 0 Å². The molecule has 1 aliphatic carbocycles. The molecule has 1 aliphatic rings. The van der Waals surface area contributed by atoms with Gasteiger partial charge in [-0.1, -0.05) is 24.3 Å². The van der Waals surface area contributed by atoms with E-state index in [0.717, 1.165) is 12.8 Å². The van der Waals surface area contributed by atoms with Crippen LogP contribution < -0.4 is 10.6 Å². The molecular weight excluding hydrogens is 212 g/mol. The fourth-order valence-electron chi connectivity index (χ4n) is 2.52. The fraction of sp³-hybridized carbons (Fsp3) is 0.500. The highest BCUT2D eigenvalue weighted by Gasteiger charge is 2.22. The Hall–Kier alpha value is -1.35. The van der Waals surface area contributed by atoms with Crippen LogP contribution in [0.3, 0.4) is 0 Å². The van der Waals surface area contributed by atoms with E-state index in [1.54, 1.807) is 7.05 Å². The lowest BCUT2D eigenvalue weighted by atomic mass is 9.87. The molecule has 0 fully saturated rings. The first-order valence-corrected chi connectivity index (χ1v) is 6.28. The standard InChI is InChI=1S/C14H20N2O/c1-10(14(17)15-2)16-13-9-5-7-11-6-3-4-8-12(11)13/h3-4,6,8,10,13,16H,5,7,9H2,1-2H3,(H,15,17)/t10-,13-/m0/s1. The molecule has 0 heterocycles. The Balaban J connectivity index is 2.11. The van der Waals surface area contributed by atoms with Crippen molar-refractivity contribution in [3.05, 3.63) is 35.4 Å². The highest BCUT2D eigenvalue weighted by molar-refractivity contribution is 5.81. The number of hydrogen-bond acceptors (Lipinski definition) is 2. The Morgan fingerprint density at radius 1 is 1.41 bits per heavy atom. The molecule has 0 aliphatic heterocycles. The van der Waals surface area contributed by atoms with E-state index in [4.69, 9.17) is 0 Å². The summed E-state index contributed by atoms with van der Waals surface area (Å²) in [5.41, 5.74) is 2.77. The molecule has 0 saturated heterocycles. The molecule has 0 radical (unpaired) electrons. The molecule has 2 N–H and O–H groups in total. The van der Waals surface area contributed by atoms with Crippen LogP contribution in [-0.2, 0) is 11.2 Å². The number of hydrogen-bond donors (Lipinski definition) is 2. The summed E-state index contributed by atoms with van der Waals surface area (Å²) in [5, 5.41) is 6.09. The third-order valence-electron chi connectivity index (χ3n) is 3.46. The number of rotatable bonds is 3. The van der Waals surface area contributed by atoms with Crippen molar-refractivity contribution in [1.29, 1.82) is 0 Å². The Kier molecular flexibility index (Phi) is 3.79. The minimum atomic E-state index is -0.142. The Morgan fingerprint density at radius 2 is 2.18 bits per heavy atom. The second kappa shape index (κ2) is 5.32. The van der Waals surface area contributed by atoms with E-state index in [2.05, 4.69) is 34.9 Å². The summed E-state index contributed by atoms with van der Waals surface area (Å²) in [7, 11) is 1.68. The Bertz CT molecular complexity index is 403. The van der Waals surface area contributed by atoms with Crippen molar-refractivity contribution in [3.8, 4) is 0 Å². The molecule has 2 atom stereocenters. The van der Waals surface area contributed by atoms with Crippen LogP contribution >= 0.6 is 0 Å². The van der Waals surface area contributed by atoms with Gasteiger partial charge in [-0.3, -0.25) is 10.1 Å². The van der Waals surface area contributed by atoms with E-state index >= 15 is 0 Å². The van der Waals surface area contributed by atoms with Gasteiger partial charge >= 0.3 is 0 Å². The van der Waals surface area contributed by atoms with Gasteiger partial charge in [-0.25, -0.2) is 0 Å². The molecular formula is C14H20N2O. The number of nitrogens with one attached hydrogen (secondary N) is 2. The van der Waals surface area contributed by atoms with Gasteiger partial charge in [-0.05, 0) is 37.3 Å². The number of amides is 1. The maximum atomic E-state index is 11.5. The maximum Gasteiger partial charge on any atom is 0.236 e. The summed E-state index contributed by atoms with van der Waals surface area (Å²) in [6.07, 6.45) is 3.45. The summed E-state index contributed by atoms with van der Waals surface area (Å²) in [6.45, 7) is 1.91. The Labute approximate surface area is 103 Å². The van der Waals surface area contributed by atoms with Crippen molar-refractivity contribution in [2.75, 3.05) is 7.05 Å². The topological polar surface area (TPSA) is 41.1 Å². The van der Waals surface area contributed by atoms with Crippen molar-refractivity contribution in [3.63, 3.8) is 0 Å². The second-order valence-electron chi connectivity index (χ2n) is 4.65. The highest BCUT2D eigenvalue weighted by atomic mass is 16.2. The summed E-state index contributed by atoms with van der Waals surface area (Å²) in [5.74, 6) is 0.0491. The number of carbonyl (C=O) groups excluding carboxylic acids is 1. The zero-order chi connectivity index (χ0) is 12.3. The fourth-order valence-corrected chi connectivity index (χ4v) is 2.52. The molecule has 17 heavy (non-hydrogen) atoms. The normalized spacial score (nSPS) is 20.5. The van der Waals surface area contributed by atoms with Gasteiger partial charge in [0.25, 0.3) is 0 Å². The molecule has 0 saturated carbocycles. The van der Waals surface area contributed by atoms with Crippen LogP contribution in [0.25, 0.3) is 0 Å². The van der Waals surface area contributed by atoms with Crippen LogP contribution in [-0.4, -0.2) is 19.0 Å². The van der Waals surface area contributed by atoms with Crippen molar-refractivity contribution >= 4 is 5.91 Å². The number of likely N-dealkylation sites (N-methyl/N-ethyl adjacent to an activating group) is 1. The lowest BCUT2D eigenvalue weighted by Crippen LogP contribution is -2.43. The van der Waals surface area contributed by atoms with Gasteiger partial charge in [0.1, 0.15) is 0 Å². The van der Waals surface area contributed by atoms with Crippen molar-refractivity contribution < 1.29 is 4.79 Å². The van der Waals surface area contributed by atoms with E-state index in [9.17, 15) is 4.79 Å². The first-order chi connectivity index (χ1) is 8.22. The van der Waals surface area contributed by atoms with Gasteiger partial charge in [0, 0.05) is 13.1 Å². The molecule has 3 nitrogen and oxygen atoms in total. The lowest BCUT2D eigenvalue weighted by Gasteiger charge is -2.28. The second-order valence-corrected chi connectivity index (χ2v) is 4.65. The quantitative estimate of drug-likeness (QED) is 0.834. The van der Waals surface area contributed by atoms with Crippen molar-refractivity contribution in [2.45, 2.75) is 38.3 Å². The number of carbonyl (C=O) groups is 1. The zero-order valence-electron chi connectivity index (χ0n) is 10.5. The average Bonchev–Trinajstić information content (AvgIpc) is 2.38. The van der Waals surface area contributed by atoms with E-state index in [-0.39, 0.29) is 11.9 Å². The number of fused-ring (bicyclic) bond motifs is 1. The van der Waals surface area contributed by atoms with Crippen LogP contribution in [0.2, 0.25) is 0 Å². The first kappa shape index (κ1) is 12.1. The molecule has 0 bridgehead atoms. The van der Waals surface area contributed by atoms with E-state index in [1.807, 2.05) is 6.92 Å².